The van der Waals surface area contributed by atoms with Crippen molar-refractivity contribution in [1.82, 2.24) is 0 Å². The zero-order valence-corrected chi connectivity index (χ0v) is 60.8. The van der Waals surface area contributed by atoms with E-state index < -0.39 is 176 Å². The molecule has 0 spiro atoms. The molecule has 4 aliphatic heterocycles. The van der Waals surface area contributed by atoms with E-state index in [1.807, 2.05) is 6.07 Å². The summed E-state index contributed by atoms with van der Waals surface area (Å²) in [6.07, 6.45) is -18.6. The predicted molar refractivity (Wildman–Crippen MR) is 385 cm³/mol. The average molecular weight is 1510 g/mol. The van der Waals surface area contributed by atoms with E-state index in [9.17, 15) is 43.2 Å². The first-order valence-electron chi connectivity index (χ1n) is 34.9. The molecule has 0 aliphatic carbocycles. The molecule has 4 saturated heterocycles. The van der Waals surface area contributed by atoms with Crippen LogP contribution in [0.15, 0.2) is 248 Å². The lowest BCUT2D eigenvalue weighted by molar-refractivity contribution is -0.263. The highest BCUT2D eigenvalue weighted by Gasteiger charge is 2.68. The van der Waals surface area contributed by atoms with Crippen LogP contribution >= 0.6 is 11.8 Å². The fraction of sp³-hybridized carbons (Fsp3) is 0.313. The topological polar surface area (TPSA) is 301 Å². The molecule has 8 aromatic carbocycles. The van der Waals surface area contributed by atoms with Crippen LogP contribution in [0.2, 0.25) is 0 Å². The number of carbonyl (C=O) groups excluding carboxylic acids is 9. The molecule has 8 aromatic rings. The van der Waals surface area contributed by atoms with Gasteiger partial charge in [0.2, 0.25) is 0 Å². The molecule has 109 heavy (non-hydrogen) atoms. The molecule has 4 aliphatic rings. The summed E-state index contributed by atoms with van der Waals surface area (Å²) in [5.74, 6) is -7.91. The van der Waals surface area contributed by atoms with Crippen molar-refractivity contribution >= 4 is 65.5 Å². The number of esters is 9. The summed E-state index contributed by atoms with van der Waals surface area (Å²) >= 11 is 1.16. The Kier molecular flexibility index (Phi) is 24.6. The molecule has 566 valence electrons. The van der Waals surface area contributed by atoms with Crippen LogP contribution in [0.4, 0.5) is 0 Å². The first kappa shape index (κ1) is 77.7. The second-order valence-electron chi connectivity index (χ2n) is 26.6. The largest absolute Gasteiger partial charge is 0.463 e. The van der Waals surface area contributed by atoms with Crippen molar-refractivity contribution in [2.24, 2.45) is 0 Å². The monoisotopic (exact) mass is 1510 g/mol. The molecule has 0 aromatic heterocycles. The summed E-state index contributed by atoms with van der Waals surface area (Å²) in [6, 6.07) is 64.5. The molecular weight excluding hydrogens is 1430 g/mol. The number of thioether (sulfide) groups is 1. The van der Waals surface area contributed by atoms with Crippen molar-refractivity contribution in [3.8, 4) is 0 Å². The van der Waals surface area contributed by atoms with Gasteiger partial charge in [-0.2, -0.15) is 0 Å². The minimum atomic E-state index is -2.29. The Balaban J connectivity index is 0.964. The van der Waals surface area contributed by atoms with Crippen molar-refractivity contribution in [3.63, 3.8) is 0 Å². The van der Waals surface area contributed by atoms with Gasteiger partial charge in [-0.25, -0.2) is 33.6 Å². The van der Waals surface area contributed by atoms with Crippen LogP contribution in [0.25, 0.3) is 0 Å². The molecule has 16 atom stereocenters. The van der Waals surface area contributed by atoms with E-state index in [4.69, 9.17) is 75.8 Å². The lowest BCUT2D eigenvalue weighted by Gasteiger charge is -2.39. The molecule has 4 unspecified atom stereocenters. The highest BCUT2D eigenvalue weighted by atomic mass is 32.2. The lowest BCUT2D eigenvalue weighted by Crippen LogP contribution is -2.57. The Morgan fingerprint density at radius 1 is 0.303 bits per heavy atom. The predicted octanol–water partition coefficient (Wildman–Crippen LogP) is 11.4. The highest BCUT2D eigenvalue weighted by Crippen LogP contribution is 2.49. The summed E-state index contributed by atoms with van der Waals surface area (Å²) in [4.78, 5) is 128. The zero-order valence-electron chi connectivity index (χ0n) is 60.0. The maximum atomic E-state index is 14.8. The SMILES string of the molecule is CC(=O)OC[C@H]1O[C@H](OC[C@H]2O[C@H](OC[C@H]3O[C@H](Sc4ccccc4)C(OC(=O)c4ccccc4)[C@]3(C)OC(=O)c3ccccc3)C(OC(C)=O)[C@]2(C)O[C@H]2O[C@H](COC(=O)c3ccccc3)[C@@](C)(OC(=O)c3ccccc3)C2OC(=O)c2ccccc2)C(OC(=O)c2ccccc2)[C@]1(C)OC(=O)c1ccccc1. The number of hydrogen-bond acceptors (Lipinski definition) is 26. The van der Waals surface area contributed by atoms with Crippen LogP contribution in [0, 0.1) is 0 Å². The van der Waals surface area contributed by atoms with Gasteiger partial charge in [0.05, 0.1) is 52.2 Å². The van der Waals surface area contributed by atoms with Crippen LogP contribution in [-0.2, 0) is 85.4 Å². The fourth-order valence-corrected chi connectivity index (χ4v) is 14.2. The third kappa shape index (κ3) is 17.9. The Hall–Kier alpha value is -10.9. The van der Waals surface area contributed by atoms with Gasteiger partial charge >= 0.3 is 53.7 Å². The summed E-state index contributed by atoms with van der Waals surface area (Å²) in [5, 5.41) is 0. The van der Waals surface area contributed by atoms with E-state index in [-0.39, 0.29) is 38.9 Å². The van der Waals surface area contributed by atoms with Crippen LogP contribution in [0.5, 0.6) is 0 Å². The smallest absolute Gasteiger partial charge is 0.338 e. The number of rotatable bonds is 28. The highest BCUT2D eigenvalue weighted by molar-refractivity contribution is 7.99. The minimum Gasteiger partial charge on any atom is -0.463 e. The summed E-state index contributed by atoms with van der Waals surface area (Å²) < 4.78 is 104. The maximum absolute atomic E-state index is 14.8. The summed E-state index contributed by atoms with van der Waals surface area (Å²) in [7, 11) is 0. The van der Waals surface area contributed by atoms with Gasteiger partial charge in [-0.15, -0.1) is 0 Å². The minimum absolute atomic E-state index is 0.0227. The van der Waals surface area contributed by atoms with E-state index in [0.29, 0.717) is 4.90 Å². The molecule has 0 amide bonds. The van der Waals surface area contributed by atoms with Crippen molar-refractivity contribution in [2.75, 3.05) is 26.4 Å². The van der Waals surface area contributed by atoms with E-state index in [1.54, 1.807) is 164 Å². The molecule has 25 nitrogen and oxygen atoms in total. The molecular formula is C83H78O25S. The Morgan fingerprint density at radius 2 is 0.587 bits per heavy atom. The normalized spacial score (nSPS) is 27.4. The fourth-order valence-electron chi connectivity index (χ4n) is 12.9. The van der Waals surface area contributed by atoms with E-state index >= 15 is 0 Å². The summed E-state index contributed by atoms with van der Waals surface area (Å²) in [5.41, 5.74) is -8.99. The van der Waals surface area contributed by atoms with Crippen molar-refractivity contribution in [2.45, 2.75) is 142 Å². The standard InChI is InChI=1S/C83H78O25S/c1-51(84)93-47-61-80(3,105-73(90)57-39-23-11-24-40-57)66(102-70(87)54-33-17-8-18-34-54)77(98-61)95-49-63-82(5,108-78-67(103-71(88)55-35-19-9-20-36-55)81(4,106-74(91)58-41-25-12-26-42-58)62(100-78)48-94-69(86)53-31-15-7-16-32-53)65(97-52(2)85)76(99-63)96-50-64-83(6,107-75(92)59-43-27-13-28-44-59)68(104-72(89)56-37-21-10-22-38-56)79(101-64)109-60-45-29-14-30-46-60/h7-46,61-68,76-79H,47-50H2,1-6H3/t61-,62-,63-,64-,65?,66?,67?,68?,76+,77+,78-,79-,80-,81-,82-,83-/m1/s1. The Labute approximate surface area is 631 Å². The van der Waals surface area contributed by atoms with Gasteiger partial charge in [-0.05, 0) is 125 Å². The Bertz CT molecular complexity index is 4480. The molecule has 0 saturated carbocycles. The molecule has 0 bridgehead atoms. The molecule has 4 heterocycles. The second-order valence-corrected chi connectivity index (χ2v) is 27.7. The molecule has 12 rings (SSSR count). The molecule has 0 radical (unpaired) electrons. The second kappa shape index (κ2) is 34.5. The number of hydrogen-bond donors (Lipinski definition) is 0. The lowest BCUT2D eigenvalue weighted by atomic mass is 9.92. The van der Waals surface area contributed by atoms with Crippen molar-refractivity contribution < 1.29 is 119 Å². The number of ether oxygens (including phenoxy) is 16. The van der Waals surface area contributed by atoms with Gasteiger partial charge < -0.3 is 75.8 Å². The van der Waals surface area contributed by atoms with Crippen LogP contribution in [-0.4, -0.2) is 176 Å². The van der Waals surface area contributed by atoms with Crippen molar-refractivity contribution in [3.05, 3.63) is 282 Å². The molecule has 26 heteroatoms. The van der Waals surface area contributed by atoms with Crippen LogP contribution < -0.4 is 0 Å². The van der Waals surface area contributed by atoms with Crippen molar-refractivity contribution in [1.29, 1.82) is 0 Å². The van der Waals surface area contributed by atoms with Crippen LogP contribution in [0.3, 0.4) is 0 Å². The first-order chi connectivity index (χ1) is 52.5. The van der Waals surface area contributed by atoms with Gasteiger partial charge in [-0.3, -0.25) is 9.59 Å². The van der Waals surface area contributed by atoms with Gasteiger partial charge in [0.15, 0.2) is 60.1 Å². The Morgan fingerprint density at radius 3 is 0.954 bits per heavy atom. The maximum Gasteiger partial charge on any atom is 0.338 e. The zero-order chi connectivity index (χ0) is 76.9. The van der Waals surface area contributed by atoms with Gasteiger partial charge in [0.1, 0.15) is 48.7 Å². The molecule has 4 fully saturated rings. The number of benzene rings is 8. The van der Waals surface area contributed by atoms with E-state index in [1.165, 1.54) is 100 Å². The molecule has 0 N–H and O–H groups in total. The van der Waals surface area contributed by atoms with E-state index in [2.05, 4.69) is 0 Å². The average Bonchev–Trinajstić information content (AvgIpc) is 1.60. The quantitative estimate of drug-likeness (QED) is 0.0325. The van der Waals surface area contributed by atoms with Gasteiger partial charge in [0.25, 0.3) is 0 Å². The first-order valence-corrected chi connectivity index (χ1v) is 35.8. The van der Waals surface area contributed by atoms with Crippen LogP contribution in [0.1, 0.15) is 114 Å². The third-order valence-corrected chi connectivity index (χ3v) is 20.1. The van der Waals surface area contributed by atoms with Gasteiger partial charge in [0, 0.05) is 18.7 Å². The van der Waals surface area contributed by atoms with Gasteiger partial charge in [-0.1, -0.05) is 157 Å². The third-order valence-electron chi connectivity index (χ3n) is 19.0. The summed E-state index contributed by atoms with van der Waals surface area (Å²) in [6.45, 7) is 5.28. The number of carbonyl (C=O) groups is 9. The van der Waals surface area contributed by atoms with E-state index in [0.717, 1.165) is 25.6 Å².